The van der Waals surface area contributed by atoms with Crippen LogP contribution in [0.2, 0.25) is 0 Å². The summed E-state index contributed by atoms with van der Waals surface area (Å²) in [6.07, 6.45) is 1.08. The van der Waals surface area contributed by atoms with Crippen LogP contribution in [0.5, 0.6) is 0 Å². The zero-order valence-electron chi connectivity index (χ0n) is 21.7. The second-order valence-corrected chi connectivity index (χ2v) is 9.09. The SMILES string of the molecule is CC(NC(CCc1ccccc1)C(=O)OCCOCCO[N+](=O)[O-])C(=O)N1Cc2ccccc2CC1C(=O)O. The summed E-state index contributed by atoms with van der Waals surface area (Å²) in [5.74, 6) is -2.10. The van der Waals surface area contributed by atoms with Crippen molar-refractivity contribution in [3.8, 4) is 0 Å². The van der Waals surface area contributed by atoms with Crippen LogP contribution in [0.1, 0.15) is 30.0 Å². The normalized spacial score (nSPS) is 16.0. The first-order valence-corrected chi connectivity index (χ1v) is 12.7. The fourth-order valence-corrected chi connectivity index (χ4v) is 4.40. The number of hydrogen-bond donors (Lipinski definition) is 2. The summed E-state index contributed by atoms with van der Waals surface area (Å²) in [7, 11) is 0. The number of nitrogens with zero attached hydrogens (tertiary/aromatic N) is 2. The number of aliphatic carboxylic acids is 1. The van der Waals surface area contributed by atoms with E-state index in [1.54, 1.807) is 6.92 Å². The van der Waals surface area contributed by atoms with E-state index in [0.717, 1.165) is 16.7 Å². The molecule has 12 nitrogen and oxygen atoms in total. The Kier molecular flexibility index (Phi) is 11.2. The number of carboxylic acids is 1. The van der Waals surface area contributed by atoms with Gasteiger partial charge in [0.1, 0.15) is 25.3 Å². The third-order valence-corrected chi connectivity index (χ3v) is 6.38. The number of nitrogens with one attached hydrogen (secondary N) is 1. The Balaban J connectivity index is 1.62. The van der Waals surface area contributed by atoms with E-state index in [1.165, 1.54) is 4.90 Å². The number of amides is 1. The summed E-state index contributed by atoms with van der Waals surface area (Å²) < 4.78 is 10.5. The van der Waals surface area contributed by atoms with Gasteiger partial charge >= 0.3 is 11.9 Å². The molecule has 0 aliphatic carbocycles. The van der Waals surface area contributed by atoms with Crippen LogP contribution in [0.3, 0.4) is 0 Å². The molecule has 2 N–H and O–H groups in total. The first-order valence-electron chi connectivity index (χ1n) is 12.7. The zero-order valence-corrected chi connectivity index (χ0v) is 21.7. The van der Waals surface area contributed by atoms with Gasteiger partial charge in [-0.1, -0.05) is 54.6 Å². The Labute approximate surface area is 225 Å². The van der Waals surface area contributed by atoms with Crippen molar-refractivity contribution in [3.05, 3.63) is 81.4 Å². The highest BCUT2D eigenvalue weighted by Crippen LogP contribution is 2.24. The number of carbonyl (C=O) groups excluding carboxylic acids is 2. The lowest BCUT2D eigenvalue weighted by Crippen LogP contribution is -2.56. The van der Waals surface area contributed by atoms with Gasteiger partial charge in [-0.2, -0.15) is 0 Å². The van der Waals surface area contributed by atoms with E-state index < -0.39 is 41.1 Å². The summed E-state index contributed by atoms with van der Waals surface area (Å²) in [5.41, 5.74) is 2.79. The largest absolute Gasteiger partial charge is 0.480 e. The van der Waals surface area contributed by atoms with Crippen molar-refractivity contribution in [2.45, 2.75) is 50.9 Å². The van der Waals surface area contributed by atoms with Gasteiger partial charge in [0.25, 0.3) is 5.09 Å². The van der Waals surface area contributed by atoms with Gasteiger partial charge < -0.3 is 24.3 Å². The molecule has 1 amide bonds. The highest BCUT2D eigenvalue weighted by molar-refractivity contribution is 5.88. The summed E-state index contributed by atoms with van der Waals surface area (Å²) in [5, 5.41) is 22.1. The molecule has 1 heterocycles. The van der Waals surface area contributed by atoms with Crippen molar-refractivity contribution < 1.29 is 38.9 Å². The van der Waals surface area contributed by atoms with Gasteiger partial charge in [0.15, 0.2) is 0 Å². The number of carbonyl (C=O) groups is 3. The van der Waals surface area contributed by atoms with E-state index in [2.05, 4.69) is 10.2 Å². The molecule has 0 saturated carbocycles. The van der Waals surface area contributed by atoms with Crippen LogP contribution in [-0.2, 0) is 48.1 Å². The van der Waals surface area contributed by atoms with Crippen LogP contribution >= 0.6 is 0 Å². The molecule has 210 valence electrons. The molecule has 3 rings (SSSR count). The number of carboxylic acid groups (broad SMARTS) is 1. The van der Waals surface area contributed by atoms with Gasteiger partial charge in [-0.15, -0.1) is 10.1 Å². The van der Waals surface area contributed by atoms with Crippen molar-refractivity contribution in [1.82, 2.24) is 10.2 Å². The van der Waals surface area contributed by atoms with Crippen molar-refractivity contribution in [2.24, 2.45) is 0 Å². The lowest BCUT2D eigenvalue weighted by molar-refractivity contribution is -0.758. The number of hydrogen-bond acceptors (Lipinski definition) is 9. The van der Waals surface area contributed by atoms with Crippen LogP contribution in [0.4, 0.5) is 0 Å². The quantitative estimate of drug-likeness (QED) is 0.147. The molecule has 0 aromatic heterocycles. The van der Waals surface area contributed by atoms with E-state index in [4.69, 9.17) is 9.47 Å². The molecule has 39 heavy (non-hydrogen) atoms. The van der Waals surface area contributed by atoms with E-state index in [1.807, 2.05) is 54.6 Å². The molecule has 3 atom stereocenters. The molecule has 0 radical (unpaired) electrons. The second-order valence-electron chi connectivity index (χ2n) is 9.09. The Morgan fingerprint density at radius 1 is 1.05 bits per heavy atom. The molecular formula is C27H33N3O9. The molecule has 1 aliphatic heterocycles. The predicted octanol–water partition coefficient (Wildman–Crippen LogP) is 1.77. The van der Waals surface area contributed by atoms with E-state index in [-0.39, 0.29) is 39.4 Å². The number of benzene rings is 2. The third-order valence-electron chi connectivity index (χ3n) is 6.38. The van der Waals surface area contributed by atoms with Crippen molar-refractivity contribution in [2.75, 3.05) is 26.4 Å². The fourth-order valence-electron chi connectivity index (χ4n) is 4.40. The zero-order chi connectivity index (χ0) is 28.2. The molecule has 2 aromatic carbocycles. The monoisotopic (exact) mass is 543 g/mol. The number of ether oxygens (including phenoxy) is 2. The minimum Gasteiger partial charge on any atom is -0.480 e. The van der Waals surface area contributed by atoms with E-state index in [9.17, 15) is 29.6 Å². The maximum atomic E-state index is 13.4. The standard InChI is InChI=1S/C27H33N3O9/c1-19(25(31)29-18-22-10-6-5-9-21(22)17-24(29)26(32)33)28-23(12-11-20-7-3-2-4-8-20)27(34)38-15-13-37-14-16-39-30(35)36/h2-10,19,23-24,28H,11-18H2,1H3,(H,32,33). The number of rotatable bonds is 15. The van der Waals surface area contributed by atoms with E-state index in [0.29, 0.717) is 12.8 Å². The second kappa shape index (κ2) is 14.8. The first-order chi connectivity index (χ1) is 18.8. The molecule has 1 aliphatic rings. The first kappa shape index (κ1) is 29.5. The number of esters is 1. The van der Waals surface area contributed by atoms with Crippen LogP contribution in [0, 0.1) is 10.1 Å². The molecule has 12 heteroatoms. The maximum Gasteiger partial charge on any atom is 0.326 e. The van der Waals surface area contributed by atoms with Crippen LogP contribution in [0.15, 0.2) is 54.6 Å². The Morgan fingerprint density at radius 3 is 2.41 bits per heavy atom. The molecule has 0 spiro atoms. The maximum absolute atomic E-state index is 13.4. The summed E-state index contributed by atoms with van der Waals surface area (Å²) >= 11 is 0. The minimum atomic E-state index is -1.09. The topological polar surface area (TPSA) is 158 Å². The predicted molar refractivity (Wildman–Crippen MR) is 138 cm³/mol. The van der Waals surface area contributed by atoms with Gasteiger partial charge in [0.2, 0.25) is 5.91 Å². The molecule has 0 saturated heterocycles. The third kappa shape index (κ3) is 9.04. The fraction of sp³-hybridized carbons (Fsp3) is 0.444. The number of aryl methyl sites for hydroxylation is 1. The highest BCUT2D eigenvalue weighted by Gasteiger charge is 2.37. The van der Waals surface area contributed by atoms with Crippen molar-refractivity contribution >= 4 is 17.8 Å². The Morgan fingerprint density at radius 2 is 1.72 bits per heavy atom. The van der Waals surface area contributed by atoms with Crippen LogP contribution in [-0.4, -0.2) is 77.5 Å². The molecular weight excluding hydrogens is 510 g/mol. The Bertz CT molecular complexity index is 1130. The van der Waals surface area contributed by atoms with Gasteiger partial charge in [0.05, 0.1) is 19.3 Å². The highest BCUT2D eigenvalue weighted by atomic mass is 17.0. The molecule has 0 bridgehead atoms. The summed E-state index contributed by atoms with van der Waals surface area (Å²) in [6, 6.07) is 14.2. The smallest absolute Gasteiger partial charge is 0.326 e. The summed E-state index contributed by atoms with van der Waals surface area (Å²) in [6.45, 7) is 1.41. The lowest BCUT2D eigenvalue weighted by Gasteiger charge is -2.36. The van der Waals surface area contributed by atoms with Gasteiger partial charge in [0, 0.05) is 13.0 Å². The van der Waals surface area contributed by atoms with Gasteiger partial charge in [-0.05, 0) is 36.5 Å². The van der Waals surface area contributed by atoms with Gasteiger partial charge in [-0.3, -0.25) is 14.9 Å². The molecule has 3 unspecified atom stereocenters. The summed E-state index contributed by atoms with van der Waals surface area (Å²) in [4.78, 5) is 54.0. The number of fused-ring (bicyclic) bond motifs is 1. The molecule has 0 fully saturated rings. The minimum absolute atomic E-state index is 0.0141. The van der Waals surface area contributed by atoms with E-state index >= 15 is 0 Å². The van der Waals surface area contributed by atoms with Crippen LogP contribution in [0.25, 0.3) is 0 Å². The molecule has 2 aromatic rings. The average molecular weight is 544 g/mol. The lowest BCUT2D eigenvalue weighted by atomic mass is 9.93. The van der Waals surface area contributed by atoms with Crippen molar-refractivity contribution in [1.29, 1.82) is 0 Å². The van der Waals surface area contributed by atoms with Gasteiger partial charge in [-0.25, -0.2) is 4.79 Å². The van der Waals surface area contributed by atoms with Crippen molar-refractivity contribution in [3.63, 3.8) is 0 Å². The average Bonchev–Trinajstić information content (AvgIpc) is 2.93. The van der Waals surface area contributed by atoms with Crippen LogP contribution < -0.4 is 5.32 Å². The Hall–Kier alpha value is -4.03.